The molecule has 6 nitrogen and oxygen atoms in total. The Labute approximate surface area is 124 Å². The lowest BCUT2D eigenvalue weighted by atomic mass is 10.3. The molecule has 3 aromatic rings. The van der Waals surface area contributed by atoms with Gasteiger partial charge in [-0.15, -0.1) is 11.6 Å². The Balaban J connectivity index is 1.95. The van der Waals surface area contributed by atoms with Crippen molar-refractivity contribution < 1.29 is 4.52 Å². The van der Waals surface area contributed by atoms with E-state index in [-0.39, 0.29) is 0 Å². The summed E-state index contributed by atoms with van der Waals surface area (Å²) in [5.41, 5.74) is 1.56. The normalized spacial score (nSPS) is 11.3. The fourth-order valence-corrected chi connectivity index (χ4v) is 2.38. The largest absolute Gasteiger partial charge is 0.343 e. The van der Waals surface area contributed by atoms with Crippen molar-refractivity contribution in [2.24, 2.45) is 0 Å². The van der Waals surface area contributed by atoms with Gasteiger partial charge in [0, 0.05) is 31.5 Å². The monoisotopic (exact) mass is 311 g/mol. The summed E-state index contributed by atoms with van der Waals surface area (Å²) in [6.07, 6.45) is 4.24. The highest BCUT2D eigenvalue weighted by Crippen LogP contribution is 2.19. The van der Waals surface area contributed by atoms with Gasteiger partial charge in [-0.2, -0.15) is 4.98 Å². The third-order valence-corrected chi connectivity index (χ3v) is 3.31. The number of halogens is 2. The first-order chi connectivity index (χ1) is 9.78. The van der Waals surface area contributed by atoms with Gasteiger partial charge >= 0.3 is 0 Å². The van der Waals surface area contributed by atoms with Crippen LogP contribution in [-0.2, 0) is 19.4 Å². The van der Waals surface area contributed by atoms with Crippen LogP contribution >= 0.6 is 23.2 Å². The van der Waals surface area contributed by atoms with Crippen LogP contribution in [0.5, 0.6) is 0 Å². The van der Waals surface area contributed by atoms with E-state index in [1.165, 1.54) is 6.39 Å². The van der Waals surface area contributed by atoms with Crippen molar-refractivity contribution >= 4 is 34.4 Å². The lowest BCUT2D eigenvalue weighted by Gasteiger charge is -2.05. The molecule has 0 N–H and O–H groups in total. The summed E-state index contributed by atoms with van der Waals surface area (Å²) in [5, 5.41) is 4.37. The lowest BCUT2D eigenvalue weighted by Crippen LogP contribution is -2.08. The first-order valence-corrected chi connectivity index (χ1v) is 7.01. The molecule has 8 heteroatoms. The highest BCUT2D eigenvalue weighted by Gasteiger charge is 2.12. The van der Waals surface area contributed by atoms with E-state index >= 15 is 0 Å². The number of imidazole rings is 1. The minimum absolute atomic E-state index is 0.499. The average Bonchev–Trinajstić information content (AvgIpc) is 3.04. The molecular formula is C12H11Cl2N5O. The molecule has 0 unspecified atom stereocenters. The molecule has 104 valence electrons. The molecule has 0 bridgehead atoms. The minimum atomic E-state index is 0.499. The molecule has 0 amide bonds. The summed E-state index contributed by atoms with van der Waals surface area (Å²) in [7, 11) is 0. The van der Waals surface area contributed by atoms with Gasteiger partial charge in [-0.1, -0.05) is 16.8 Å². The second-order valence-electron chi connectivity index (χ2n) is 4.21. The third-order valence-electron chi connectivity index (χ3n) is 2.91. The van der Waals surface area contributed by atoms with Gasteiger partial charge in [-0.05, 0) is 6.07 Å². The SMILES string of the molecule is ClCCc1nc2cc(Cl)cnc2n1CCc1ncon1. The van der Waals surface area contributed by atoms with Crippen LogP contribution in [0.3, 0.4) is 0 Å². The van der Waals surface area contributed by atoms with Crippen LogP contribution in [0.2, 0.25) is 5.02 Å². The van der Waals surface area contributed by atoms with Crippen molar-refractivity contribution in [2.75, 3.05) is 5.88 Å². The van der Waals surface area contributed by atoms with Gasteiger partial charge < -0.3 is 9.09 Å². The maximum Gasteiger partial charge on any atom is 0.213 e. The summed E-state index contributed by atoms with van der Waals surface area (Å²) in [5.74, 6) is 2.03. The zero-order chi connectivity index (χ0) is 13.9. The van der Waals surface area contributed by atoms with Gasteiger partial charge in [0.15, 0.2) is 11.5 Å². The van der Waals surface area contributed by atoms with Crippen molar-refractivity contribution in [3.8, 4) is 0 Å². The summed E-state index contributed by atoms with van der Waals surface area (Å²) in [6, 6.07) is 1.80. The van der Waals surface area contributed by atoms with Crippen LogP contribution in [0.1, 0.15) is 11.6 Å². The number of nitrogens with zero attached hydrogens (tertiary/aromatic N) is 5. The standard InChI is InChI=1S/C12H11Cl2N5O/c13-3-1-11-17-9-5-8(14)6-15-12(9)19(11)4-2-10-16-7-20-18-10/h5-7H,1-4H2. The van der Waals surface area contributed by atoms with E-state index in [1.807, 2.05) is 4.57 Å². The number of hydrogen-bond donors (Lipinski definition) is 0. The number of rotatable bonds is 5. The second-order valence-corrected chi connectivity index (χ2v) is 5.03. The van der Waals surface area contributed by atoms with Crippen molar-refractivity contribution in [3.63, 3.8) is 0 Å². The molecule has 0 aliphatic heterocycles. The van der Waals surface area contributed by atoms with Crippen molar-refractivity contribution in [3.05, 3.63) is 35.3 Å². The Morgan fingerprint density at radius 1 is 1.25 bits per heavy atom. The van der Waals surface area contributed by atoms with Gasteiger partial charge in [0.25, 0.3) is 0 Å². The first kappa shape index (κ1) is 13.3. The quantitative estimate of drug-likeness (QED) is 0.677. The maximum atomic E-state index is 5.95. The van der Waals surface area contributed by atoms with Gasteiger partial charge in [0.05, 0.1) is 5.02 Å². The fraction of sp³-hybridized carbons (Fsp3) is 0.333. The fourth-order valence-electron chi connectivity index (χ4n) is 2.06. The molecule has 0 spiro atoms. The number of aromatic nitrogens is 5. The molecule has 0 aromatic carbocycles. The van der Waals surface area contributed by atoms with E-state index in [0.717, 1.165) is 17.0 Å². The Bertz CT molecular complexity index is 710. The molecule has 0 atom stereocenters. The topological polar surface area (TPSA) is 69.6 Å². The molecule has 0 aliphatic carbocycles. The Kier molecular flexibility index (Phi) is 3.84. The molecule has 0 saturated carbocycles. The van der Waals surface area contributed by atoms with Crippen LogP contribution in [0, 0.1) is 0 Å². The number of hydrogen-bond acceptors (Lipinski definition) is 5. The Morgan fingerprint density at radius 2 is 2.15 bits per heavy atom. The van der Waals surface area contributed by atoms with Crippen molar-refractivity contribution in [1.29, 1.82) is 0 Å². The second kappa shape index (κ2) is 5.76. The minimum Gasteiger partial charge on any atom is -0.343 e. The van der Waals surface area contributed by atoms with E-state index in [0.29, 0.717) is 36.1 Å². The van der Waals surface area contributed by atoms with E-state index in [9.17, 15) is 0 Å². The summed E-state index contributed by atoms with van der Waals surface area (Å²) in [4.78, 5) is 12.9. The highest BCUT2D eigenvalue weighted by molar-refractivity contribution is 6.31. The summed E-state index contributed by atoms with van der Waals surface area (Å²) < 4.78 is 6.74. The third kappa shape index (κ3) is 2.62. The van der Waals surface area contributed by atoms with Crippen LogP contribution in [-0.4, -0.2) is 30.6 Å². The zero-order valence-electron chi connectivity index (χ0n) is 10.5. The Hall–Kier alpha value is -1.66. The molecule has 0 radical (unpaired) electrons. The predicted octanol–water partition coefficient (Wildman–Crippen LogP) is 2.49. The van der Waals surface area contributed by atoms with Gasteiger partial charge in [0.2, 0.25) is 6.39 Å². The molecular weight excluding hydrogens is 301 g/mol. The van der Waals surface area contributed by atoms with Gasteiger partial charge in [-0.25, -0.2) is 9.97 Å². The molecule has 0 fully saturated rings. The number of alkyl halides is 1. The number of pyridine rings is 1. The van der Waals surface area contributed by atoms with E-state index < -0.39 is 0 Å². The predicted molar refractivity (Wildman–Crippen MR) is 75.0 cm³/mol. The zero-order valence-corrected chi connectivity index (χ0v) is 12.0. The first-order valence-electron chi connectivity index (χ1n) is 6.10. The van der Waals surface area contributed by atoms with Crippen LogP contribution in [0.15, 0.2) is 23.2 Å². The molecule has 20 heavy (non-hydrogen) atoms. The van der Waals surface area contributed by atoms with Crippen molar-refractivity contribution in [1.82, 2.24) is 24.7 Å². The van der Waals surface area contributed by atoms with E-state index in [4.69, 9.17) is 27.7 Å². The van der Waals surface area contributed by atoms with E-state index in [2.05, 4.69) is 20.1 Å². The van der Waals surface area contributed by atoms with Gasteiger partial charge in [0.1, 0.15) is 11.3 Å². The van der Waals surface area contributed by atoms with Crippen LogP contribution in [0.25, 0.3) is 11.2 Å². The van der Waals surface area contributed by atoms with Crippen molar-refractivity contribution in [2.45, 2.75) is 19.4 Å². The smallest absolute Gasteiger partial charge is 0.213 e. The Morgan fingerprint density at radius 3 is 2.90 bits per heavy atom. The molecule has 0 saturated heterocycles. The molecule has 3 aromatic heterocycles. The number of fused-ring (bicyclic) bond motifs is 1. The number of aryl methyl sites for hydroxylation is 3. The highest BCUT2D eigenvalue weighted by atomic mass is 35.5. The van der Waals surface area contributed by atoms with Gasteiger partial charge in [-0.3, -0.25) is 0 Å². The summed E-state index contributed by atoms with van der Waals surface area (Å²) in [6.45, 7) is 0.664. The molecule has 3 heterocycles. The van der Waals surface area contributed by atoms with Crippen LogP contribution in [0.4, 0.5) is 0 Å². The van der Waals surface area contributed by atoms with Crippen LogP contribution < -0.4 is 0 Å². The lowest BCUT2D eigenvalue weighted by molar-refractivity contribution is 0.408. The van der Waals surface area contributed by atoms with E-state index in [1.54, 1.807) is 12.3 Å². The molecule has 0 aliphatic rings. The summed E-state index contributed by atoms with van der Waals surface area (Å²) >= 11 is 11.8. The molecule has 3 rings (SSSR count). The maximum absolute atomic E-state index is 5.95. The average molecular weight is 312 g/mol.